The van der Waals surface area contributed by atoms with Crippen LogP contribution in [-0.4, -0.2) is 47.0 Å². The summed E-state index contributed by atoms with van der Waals surface area (Å²) < 4.78 is 5.22. The molecule has 0 atom stereocenters. The molecule has 24 heavy (non-hydrogen) atoms. The second kappa shape index (κ2) is 7.05. The van der Waals surface area contributed by atoms with Crippen molar-refractivity contribution in [3.63, 3.8) is 0 Å². The van der Waals surface area contributed by atoms with Gasteiger partial charge in [-0.25, -0.2) is 0 Å². The predicted molar refractivity (Wildman–Crippen MR) is 92.4 cm³/mol. The van der Waals surface area contributed by atoms with E-state index >= 15 is 0 Å². The van der Waals surface area contributed by atoms with Crippen LogP contribution in [0.3, 0.4) is 0 Å². The van der Waals surface area contributed by atoms with Crippen molar-refractivity contribution in [1.82, 2.24) is 15.0 Å². The van der Waals surface area contributed by atoms with Crippen molar-refractivity contribution >= 4 is 11.6 Å². The van der Waals surface area contributed by atoms with E-state index in [1.54, 1.807) is 0 Å². The molecule has 1 aliphatic heterocycles. The molecule has 2 aromatic rings. The lowest BCUT2D eigenvalue weighted by Crippen LogP contribution is -2.48. The minimum atomic E-state index is 0.178. The van der Waals surface area contributed by atoms with Crippen molar-refractivity contribution in [2.45, 2.75) is 26.8 Å². The summed E-state index contributed by atoms with van der Waals surface area (Å²) in [5.41, 5.74) is 9.53. The summed E-state index contributed by atoms with van der Waals surface area (Å²) in [5, 5.41) is 4.00. The van der Waals surface area contributed by atoms with E-state index in [1.165, 1.54) is 0 Å². The van der Waals surface area contributed by atoms with E-state index in [0.29, 0.717) is 6.42 Å². The molecular weight excluding hydrogens is 304 g/mol. The predicted octanol–water partition coefficient (Wildman–Crippen LogP) is 1.76. The Hall–Kier alpha value is -2.34. The number of piperazine rings is 1. The molecule has 6 nitrogen and oxygen atoms in total. The van der Waals surface area contributed by atoms with Gasteiger partial charge in [0.05, 0.1) is 12.1 Å². The van der Waals surface area contributed by atoms with Gasteiger partial charge in [-0.3, -0.25) is 9.69 Å². The maximum absolute atomic E-state index is 12.4. The van der Waals surface area contributed by atoms with Crippen LogP contribution in [0.1, 0.15) is 22.6 Å². The van der Waals surface area contributed by atoms with E-state index in [0.717, 1.165) is 61.0 Å². The second-order valence-electron chi connectivity index (χ2n) is 6.38. The summed E-state index contributed by atoms with van der Waals surface area (Å²) >= 11 is 0. The number of nitrogen functional groups attached to an aromatic ring is 1. The minimum Gasteiger partial charge on any atom is -0.399 e. The van der Waals surface area contributed by atoms with Gasteiger partial charge in [0.15, 0.2) is 0 Å². The fourth-order valence-electron chi connectivity index (χ4n) is 3.03. The van der Waals surface area contributed by atoms with Crippen molar-refractivity contribution in [2.75, 3.05) is 31.9 Å². The number of aryl methyl sites for hydroxylation is 2. The second-order valence-corrected chi connectivity index (χ2v) is 6.38. The Morgan fingerprint density at radius 3 is 2.42 bits per heavy atom. The summed E-state index contributed by atoms with van der Waals surface area (Å²) in [6.07, 6.45) is 0.435. The molecule has 0 saturated carbocycles. The normalized spacial score (nSPS) is 15.7. The van der Waals surface area contributed by atoms with E-state index in [2.05, 4.69) is 10.1 Å². The van der Waals surface area contributed by atoms with Crippen molar-refractivity contribution in [3.8, 4) is 0 Å². The summed E-state index contributed by atoms with van der Waals surface area (Å²) in [6.45, 7) is 8.02. The number of hydrogen-bond acceptors (Lipinski definition) is 5. The van der Waals surface area contributed by atoms with Crippen LogP contribution < -0.4 is 5.73 Å². The highest BCUT2D eigenvalue weighted by molar-refractivity contribution is 5.79. The maximum atomic E-state index is 12.4. The number of aromatic nitrogens is 1. The average Bonchev–Trinajstić information content (AvgIpc) is 2.89. The highest BCUT2D eigenvalue weighted by Gasteiger charge is 2.22. The fourth-order valence-corrected chi connectivity index (χ4v) is 3.03. The van der Waals surface area contributed by atoms with Crippen molar-refractivity contribution in [3.05, 3.63) is 46.8 Å². The van der Waals surface area contributed by atoms with Gasteiger partial charge in [0, 0.05) is 44.0 Å². The highest BCUT2D eigenvalue weighted by atomic mass is 16.5. The highest BCUT2D eigenvalue weighted by Crippen LogP contribution is 2.16. The van der Waals surface area contributed by atoms with E-state index < -0.39 is 0 Å². The van der Waals surface area contributed by atoms with E-state index in [4.69, 9.17) is 10.3 Å². The third kappa shape index (κ3) is 3.76. The monoisotopic (exact) mass is 328 g/mol. The van der Waals surface area contributed by atoms with Crippen molar-refractivity contribution < 1.29 is 9.32 Å². The molecule has 0 unspecified atom stereocenters. The molecular formula is C18H24N4O2. The van der Waals surface area contributed by atoms with Crippen LogP contribution in [0.25, 0.3) is 0 Å². The van der Waals surface area contributed by atoms with E-state index in [9.17, 15) is 4.79 Å². The van der Waals surface area contributed by atoms with Gasteiger partial charge in [-0.05, 0) is 31.5 Å². The van der Waals surface area contributed by atoms with Gasteiger partial charge in [-0.15, -0.1) is 0 Å². The molecule has 128 valence electrons. The number of rotatable bonds is 4. The smallest absolute Gasteiger partial charge is 0.227 e. The molecule has 2 heterocycles. The van der Waals surface area contributed by atoms with Gasteiger partial charge in [0.1, 0.15) is 5.76 Å². The first kappa shape index (κ1) is 16.5. The summed E-state index contributed by atoms with van der Waals surface area (Å²) in [5.74, 6) is 1.06. The van der Waals surface area contributed by atoms with Crippen LogP contribution in [0.4, 0.5) is 5.69 Å². The molecule has 3 rings (SSSR count). The Labute approximate surface area is 142 Å². The zero-order chi connectivity index (χ0) is 17.1. The molecule has 1 aliphatic rings. The number of nitrogens with two attached hydrogens (primary N) is 1. The van der Waals surface area contributed by atoms with Crippen molar-refractivity contribution in [2.24, 2.45) is 0 Å². The Morgan fingerprint density at radius 1 is 1.17 bits per heavy atom. The molecule has 1 aromatic heterocycles. The molecule has 0 bridgehead atoms. The number of carbonyl (C=O) groups is 1. The van der Waals surface area contributed by atoms with E-state index in [1.807, 2.05) is 43.0 Å². The number of carbonyl (C=O) groups excluding carboxylic acids is 1. The Kier molecular flexibility index (Phi) is 4.85. The molecule has 1 aromatic carbocycles. The maximum Gasteiger partial charge on any atom is 0.227 e. The largest absolute Gasteiger partial charge is 0.399 e. The average molecular weight is 328 g/mol. The third-order valence-corrected chi connectivity index (χ3v) is 4.62. The van der Waals surface area contributed by atoms with Gasteiger partial charge in [0.2, 0.25) is 5.91 Å². The SMILES string of the molecule is Cc1noc(C)c1CN1CCN(C(=O)Cc2ccc(N)cc2)CC1. The molecule has 0 radical (unpaired) electrons. The van der Waals surface area contributed by atoms with Gasteiger partial charge >= 0.3 is 0 Å². The number of hydrogen-bond donors (Lipinski definition) is 1. The number of anilines is 1. The van der Waals surface area contributed by atoms with Crippen LogP contribution in [0, 0.1) is 13.8 Å². The Bertz CT molecular complexity index is 681. The van der Waals surface area contributed by atoms with Gasteiger partial charge in [0.25, 0.3) is 0 Å². The molecule has 1 fully saturated rings. The van der Waals surface area contributed by atoms with Crippen LogP contribution in [0.15, 0.2) is 28.8 Å². The number of benzene rings is 1. The lowest BCUT2D eigenvalue weighted by molar-refractivity contribution is -0.132. The van der Waals surface area contributed by atoms with Crippen LogP contribution in [0.2, 0.25) is 0 Å². The number of amides is 1. The van der Waals surface area contributed by atoms with Gasteiger partial charge in [-0.1, -0.05) is 17.3 Å². The fraction of sp³-hybridized carbons (Fsp3) is 0.444. The molecule has 1 saturated heterocycles. The Morgan fingerprint density at radius 2 is 1.83 bits per heavy atom. The van der Waals surface area contributed by atoms with Crippen molar-refractivity contribution in [1.29, 1.82) is 0 Å². The topological polar surface area (TPSA) is 75.6 Å². The minimum absolute atomic E-state index is 0.178. The summed E-state index contributed by atoms with van der Waals surface area (Å²) in [4.78, 5) is 16.7. The first-order chi connectivity index (χ1) is 11.5. The standard InChI is InChI=1S/C18H24N4O2/c1-13-17(14(2)24-20-13)12-21-7-9-22(10-8-21)18(23)11-15-3-5-16(19)6-4-15/h3-6H,7-12,19H2,1-2H3. The number of nitrogens with zero attached hydrogens (tertiary/aromatic N) is 3. The van der Waals surface area contributed by atoms with Gasteiger partial charge in [-0.2, -0.15) is 0 Å². The van der Waals surface area contributed by atoms with Gasteiger partial charge < -0.3 is 15.2 Å². The third-order valence-electron chi connectivity index (χ3n) is 4.62. The molecule has 2 N–H and O–H groups in total. The zero-order valence-corrected chi connectivity index (χ0v) is 14.3. The van der Waals surface area contributed by atoms with Crippen LogP contribution in [-0.2, 0) is 17.8 Å². The van der Waals surface area contributed by atoms with E-state index in [-0.39, 0.29) is 5.91 Å². The lowest BCUT2D eigenvalue weighted by Gasteiger charge is -2.34. The Balaban J connectivity index is 1.51. The summed E-state index contributed by atoms with van der Waals surface area (Å²) in [7, 11) is 0. The first-order valence-electron chi connectivity index (χ1n) is 8.29. The summed E-state index contributed by atoms with van der Waals surface area (Å²) in [6, 6.07) is 7.51. The van der Waals surface area contributed by atoms with Crippen LogP contribution >= 0.6 is 0 Å². The molecule has 0 spiro atoms. The first-order valence-corrected chi connectivity index (χ1v) is 8.29. The van der Waals surface area contributed by atoms with Crippen LogP contribution in [0.5, 0.6) is 0 Å². The zero-order valence-electron chi connectivity index (χ0n) is 14.3. The molecule has 1 amide bonds. The molecule has 0 aliphatic carbocycles. The molecule has 6 heteroatoms. The lowest BCUT2D eigenvalue weighted by atomic mass is 10.1. The quantitative estimate of drug-likeness (QED) is 0.866.